The number of rotatable bonds is 3. The number of hydrogen-bond acceptors (Lipinski definition) is 1. The summed E-state index contributed by atoms with van der Waals surface area (Å²) in [5.41, 5.74) is 6.76. The van der Waals surface area contributed by atoms with Gasteiger partial charge in [-0.2, -0.15) is 5.26 Å². The first-order chi connectivity index (χ1) is 14.8. The monoisotopic (exact) mass is 381 g/mol. The predicted octanol–water partition coefficient (Wildman–Crippen LogP) is 6.82. The zero-order valence-electron chi connectivity index (χ0n) is 16.4. The maximum atomic E-state index is 9.65. The molecule has 0 saturated carbocycles. The Morgan fingerprint density at radius 3 is 1.70 bits per heavy atom. The maximum absolute atomic E-state index is 9.65. The highest BCUT2D eigenvalue weighted by Gasteiger charge is 2.03. The van der Waals surface area contributed by atoms with Crippen LogP contribution in [0.25, 0.3) is 22.8 Å². The van der Waals surface area contributed by atoms with E-state index in [2.05, 4.69) is 42.2 Å². The fourth-order valence-electron chi connectivity index (χ4n) is 3.15. The Balaban J connectivity index is 1.53. The molecular weight excluding hydrogens is 362 g/mol. The lowest BCUT2D eigenvalue weighted by molar-refractivity contribution is 1.52. The zero-order valence-corrected chi connectivity index (χ0v) is 16.4. The number of allylic oxidation sites excluding steroid dienone is 1. The van der Waals surface area contributed by atoms with E-state index in [1.165, 1.54) is 5.56 Å². The molecule has 140 valence electrons. The molecule has 1 heteroatoms. The van der Waals surface area contributed by atoms with Crippen molar-refractivity contribution in [2.45, 2.75) is 0 Å². The third kappa shape index (κ3) is 4.74. The van der Waals surface area contributed by atoms with E-state index in [1.54, 1.807) is 0 Å². The summed E-state index contributed by atoms with van der Waals surface area (Å²) in [6, 6.07) is 38.5. The van der Waals surface area contributed by atoms with Crippen LogP contribution in [0.3, 0.4) is 0 Å². The lowest BCUT2D eigenvalue weighted by atomic mass is 9.99. The molecule has 0 fully saturated rings. The second kappa shape index (κ2) is 9.24. The van der Waals surface area contributed by atoms with Crippen molar-refractivity contribution in [1.29, 1.82) is 5.26 Å². The van der Waals surface area contributed by atoms with Crippen LogP contribution in [0.1, 0.15) is 22.3 Å². The minimum absolute atomic E-state index is 0.637. The molecule has 0 N–H and O–H groups in total. The third-order valence-electron chi connectivity index (χ3n) is 4.77. The first-order valence-electron chi connectivity index (χ1n) is 9.77. The average Bonchev–Trinajstić information content (AvgIpc) is 2.83. The van der Waals surface area contributed by atoms with Gasteiger partial charge >= 0.3 is 0 Å². The van der Waals surface area contributed by atoms with Crippen LogP contribution in [0, 0.1) is 23.2 Å². The van der Waals surface area contributed by atoms with Crippen molar-refractivity contribution in [3.63, 3.8) is 0 Å². The Hall–Kier alpha value is -4.33. The van der Waals surface area contributed by atoms with Gasteiger partial charge in [0.1, 0.15) is 0 Å². The molecule has 0 spiro atoms. The van der Waals surface area contributed by atoms with Crippen LogP contribution in [0.15, 0.2) is 109 Å². The Kier molecular flexibility index (Phi) is 5.86. The summed E-state index contributed by atoms with van der Waals surface area (Å²) < 4.78 is 0. The molecule has 0 amide bonds. The van der Waals surface area contributed by atoms with E-state index in [1.807, 2.05) is 91.0 Å². The fraction of sp³-hybridized carbons (Fsp3) is 0. The van der Waals surface area contributed by atoms with Crippen molar-refractivity contribution in [1.82, 2.24) is 0 Å². The molecule has 30 heavy (non-hydrogen) atoms. The van der Waals surface area contributed by atoms with Crippen molar-refractivity contribution >= 4 is 11.6 Å². The molecule has 4 aromatic rings. The van der Waals surface area contributed by atoms with Crippen molar-refractivity contribution < 1.29 is 0 Å². The second-order valence-corrected chi connectivity index (χ2v) is 6.85. The zero-order chi connectivity index (χ0) is 20.6. The Morgan fingerprint density at radius 1 is 0.567 bits per heavy atom. The lowest BCUT2D eigenvalue weighted by Crippen LogP contribution is -1.84. The van der Waals surface area contributed by atoms with E-state index in [9.17, 15) is 5.26 Å². The van der Waals surface area contributed by atoms with E-state index < -0.39 is 0 Å². The highest BCUT2D eigenvalue weighted by molar-refractivity contribution is 5.90. The molecule has 4 rings (SSSR count). The molecule has 0 aliphatic rings. The van der Waals surface area contributed by atoms with Crippen LogP contribution in [0.5, 0.6) is 0 Å². The standard InChI is InChI=1S/C29H19N/c30-22-29(28-19-17-27(18-20-28)26-9-5-2-6-10-26)21-25-15-13-24(14-16-25)12-11-23-7-3-1-4-8-23/h1-10,13-21H/b29-21+. The molecule has 0 aromatic heterocycles. The molecule has 4 aromatic carbocycles. The first-order valence-corrected chi connectivity index (χ1v) is 9.77. The van der Waals surface area contributed by atoms with Crippen molar-refractivity contribution in [2.24, 2.45) is 0 Å². The second-order valence-electron chi connectivity index (χ2n) is 6.85. The van der Waals surface area contributed by atoms with Crippen LogP contribution >= 0.6 is 0 Å². The van der Waals surface area contributed by atoms with Gasteiger partial charge in [-0.15, -0.1) is 0 Å². The fourth-order valence-corrected chi connectivity index (χ4v) is 3.15. The van der Waals surface area contributed by atoms with Gasteiger partial charge in [-0.25, -0.2) is 0 Å². The molecule has 0 heterocycles. The van der Waals surface area contributed by atoms with Crippen LogP contribution in [-0.4, -0.2) is 0 Å². The van der Waals surface area contributed by atoms with E-state index >= 15 is 0 Å². The number of hydrogen-bond donors (Lipinski definition) is 0. The molecule has 1 nitrogen and oxygen atoms in total. The largest absolute Gasteiger partial charge is 0.192 e. The highest BCUT2D eigenvalue weighted by atomic mass is 14.2. The van der Waals surface area contributed by atoms with E-state index in [0.717, 1.165) is 27.8 Å². The average molecular weight is 381 g/mol. The smallest absolute Gasteiger partial charge is 0.0998 e. The maximum Gasteiger partial charge on any atom is 0.0998 e. The number of benzene rings is 4. The Labute approximate surface area is 177 Å². The lowest BCUT2D eigenvalue weighted by Gasteiger charge is -2.04. The summed E-state index contributed by atoms with van der Waals surface area (Å²) in [5.74, 6) is 6.33. The molecule has 0 bridgehead atoms. The third-order valence-corrected chi connectivity index (χ3v) is 4.77. The van der Waals surface area contributed by atoms with Gasteiger partial charge in [0.25, 0.3) is 0 Å². The van der Waals surface area contributed by atoms with Crippen molar-refractivity contribution in [3.8, 4) is 29.0 Å². The predicted molar refractivity (Wildman–Crippen MR) is 124 cm³/mol. The van der Waals surface area contributed by atoms with Gasteiger partial charge in [-0.1, -0.05) is 96.8 Å². The van der Waals surface area contributed by atoms with E-state index in [0.29, 0.717) is 5.57 Å². The topological polar surface area (TPSA) is 23.8 Å². The molecule has 0 unspecified atom stereocenters. The summed E-state index contributed by atoms with van der Waals surface area (Å²) in [6.07, 6.45) is 1.91. The van der Waals surface area contributed by atoms with Gasteiger partial charge in [0.15, 0.2) is 0 Å². The van der Waals surface area contributed by atoms with Crippen molar-refractivity contribution in [3.05, 3.63) is 131 Å². The van der Waals surface area contributed by atoms with E-state index in [-0.39, 0.29) is 0 Å². The molecular formula is C29H19N. The van der Waals surface area contributed by atoms with Crippen LogP contribution in [0.4, 0.5) is 0 Å². The van der Waals surface area contributed by atoms with Gasteiger partial charge in [0.2, 0.25) is 0 Å². The number of nitriles is 1. The summed E-state index contributed by atoms with van der Waals surface area (Å²) in [4.78, 5) is 0. The van der Waals surface area contributed by atoms with Crippen LogP contribution in [0.2, 0.25) is 0 Å². The minimum atomic E-state index is 0.637. The molecule has 0 aliphatic heterocycles. The molecule has 0 aliphatic carbocycles. The SMILES string of the molecule is N#C/C(=C\c1ccc(C#Cc2ccccc2)cc1)c1ccc(-c2ccccc2)cc1. The van der Waals surface area contributed by atoms with Crippen molar-refractivity contribution in [2.75, 3.05) is 0 Å². The van der Waals surface area contributed by atoms with Crippen LogP contribution in [-0.2, 0) is 0 Å². The van der Waals surface area contributed by atoms with Gasteiger partial charge < -0.3 is 0 Å². The Morgan fingerprint density at radius 2 is 1.10 bits per heavy atom. The highest BCUT2D eigenvalue weighted by Crippen LogP contribution is 2.23. The first kappa shape index (κ1) is 19.0. The van der Waals surface area contributed by atoms with Gasteiger partial charge in [-0.3, -0.25) is 0 Å². The quantitative estimate of drug-likeness (QED) is 0.217. The molecule has 0 atom stereocenters. The van der Waals surface area contributed by atoms with Gasteiger partial charge in [-0.05, 0) is 52.6 Å². The number of nitrogens with zero attached hydrogens (tertiary/aromatic N) is 1. The van der Waals surface area contributed by atoms with Gasteiger partial charge in [0.05, 0.1) is 11.6 Å². The van der Waals surface area contributed by atoms with Gasteiger partial charge in [0, 0.05) is 11.1 Å². The Bertz CT molecular complexity index is 1250. The summed E-state index contributed by atoms with van der Waals surface area (Å²) in [6.45, 7) is 0. The summed E-state index contributed by atoms with van der Waals surface area (Å²) in [5, 5.41) is 9.65. The van der Waals surface area contributed by atoms with Crippen LogP contribution < -0.4 is 0 Å². The summed E-state index contributed by atoms with van der Waals surface area (Å²) >= 11 is 0. The summed E-state index contributed by atoms with van der Waals surface area (Å²) in [7, 11) is 0. The minimum Gasteiger partial charge on any atom is -0.192 e. The molecule has 0 radical (unpaired) electrons. The van der Waals surface area contributed by atoms with E-state index in [4.69, 9.17) is 0 Å². The molecule has 0 saturated heterocycles. The normalized spacial score (nSPS) is 10.6.